The van der Waals surface area contributed by atoms with Crippen molar-refractivity contribution in [2.24, 2.45) is 0 Å². The first-order valence-electron chi connectivity index (χ1n) is 2.38. The van der Waals surface area contributed by atoms with Gasteiger partial charge >= 0.3 is 0 Å². The predicted octanol–water partition coefficient (Wildman–Crippen LogP) is 1.19. The second-order valence-electron chi connectivity index (χ2n) is 1.68. The highest BCUT2D eigenvalue weighted by molar-refractivity contribution is 5.27. The molecule has 2 heteroatoms. The van der Waals surface area contributed by atoms with E-state index in [9.17, 15) is 0 Å². The Kier molecular flexibility index (Phi) is 1.05. The lowest BCUT2D eigenvalue weighted by Gasteiger charge is -1.70. The summed E-state index contributed by atoms with van der Waals surface area (Å²) in [5.41, 5.74) is 1.73. The van der Waals surface area contributed by atoms with Crippen LogP contribution in [0.2, 0.25) is 0 Å². The van der Waals surface area contributed by atoms with Gasteiger partial charge in [-0.3, -0.25) is 0 Å². The Bertz CT molecular complexity index is 217. The lowest BCUT2D eigenvalue weighted by atomic mass is 10.3. The van der Waals surface area contributed by atoms with E-state index in [1.165, 1.54) is 0 Å². The second-order valence-corrected chi connectivity index (χ2v) is 1.68. The fourth-order valence-electron chi connectivity index (χ4n) is 0.573. The molecule has 1 N–H and O–H groups in total. The first-order valence-corrected chi connectivity index (χ1v) is 2.38. The SMILES string of the molecule is Cc1cc(C#N)c[nH]1. The fraction of sp³-hybridized carbons (Fsp3) is 0.167. The number of hydrogen-bond acceptors (Lipinski definition) is 1. The molecule has 0 saturated carbocycles. The van der Waals surface area contributed by atoms with Crippen LogP contribution in [0.15, 0.2) is 12.3 Å². The normalized spacial score (nSPS) is 8.50. The second kappa shape index (κ2) is 1.71. The maximum absolute atomic E-state index is 8.28. The predicted molar refractivity (Wildman–Crippen MR) is 30.2 cm³/mol. The van der Waals surface area contributed by atoms with E-state index in [0.717, 1.165) is 5.69 Å². The van der Waals surface area contributed by atoms with Gasteiger partial charge in [0.15, 0.2) is 0 Å². The summed E-state index contributed by atoms with van der Waals surface area (Å²) in [4.78, 5) is 2.90. The van der Waals surface area contributed by atoms with E-state index in [0.29, 0.717) is 5.56 Å². The summed E-state index contributed by atoms with van der Waals surface area (Å²) in [7, 11) is 0. The molecule has 0 atom stereocenters. The van der Waals surface area contributed by atoms with Gasteiger partial charge in [0.2, 0.25) is 0 Å². The molecule has 1 aromatic rings. The Morgan fingerprint density at radius 3 is 2.75 bits per heavy atom. The Balaban J connectivity index is 3.05. The van der Waals surface area contributed by atoms with Crippen molar-refractivity contribution < 1.29 is 0 Å². The Hall–Kier alpha value is -1.23. The van der Waals surface area contributed by atoms with Crippen LogP contribution in [0.5, 0.6) is 0 Å². The van der Waals surface area contributed by atoms with Gasteiger partial charge in [0, 0.05) is 11.9 Å². The van der Waals surface area contributed by atoms with Crippen molar-refractivity contribution in [2.75, 3.05) is 0 Å². The van der Waals surface area contributed by atoms with Gasteiger partial charge in [-0.15, -0.1) is 0 Å². The van der Waals surface area contributed by atoms with E-state index in [2.05, 4.69) is 4.98 Å². The third-order valence-corrected chi connectivity index (χ3v) is 0.956. The first-order chi connectivity index (χ1) is 3.83. The Morgan fingerprint density at radius 2 is 2.50 bits per heavy atom. The number of aromatic nitrogens is 1. The Morgan fingerprint density at radius 1 is 1.75 bits per heavy atom. The minimum atomic E-state index is 0.697. The maximum atomic E-state index is 8.28. The third kappa shape index (κ3) is 0.710. The number of nitrogens with zero attached hydrogens (tertiary/aromatic N) is 1. The summed E-state index contributed by atoms with van der Waals surface area (Å²) in [5, 5.41) is 8.28. The smallest absolute Gasteiger partial charge is 0.101 e. The van der Waals surface area contributed by atoms with Crippen LogP contribution in [-0.4, -0.2) is 4.98 Å². The molecule has 1 rings (SSSR count). The molecule has 0 saturated heterocycles. The minimum Gasteiger partial charge on any atom is -0.364 e. The van der Waals surface area contributed by atoms with Crippen LogP contribution in [0.25, 0.3) is 0 Å². The lowest BCUT2D eigenvalue weighted by molar-refractivity contribution is 1.27. The zero-order chi connectivity index (χ0) is 5.98. The molecule has 0 aliphatic carbocycles. The van der Waals surface area contributed by atoms with Gasteiger partial charge in [-0.1, -0.05) is 0 Å². The number of H-pyrrole nitrogens is 1. The number of aryl methyl sites for hydroxylation is 1. The molecule has 0 aliphatic heterocycles. The molecule has 1 heterocycles. The van der Waals surface area contributed by atoms with Gasteiger partial charge in [0.1, 0.15) is 6.07 Å². The molecule has 40 valence electrons. The summed E-state index contributed by atoms with van der Waals surface area (Å²) >= 11 is 0. The van der Waals surface area contributed by atoms with Crippen molar-refractivity contribution in [3.8, 4) is 6.07 Å². The summed E-state index contributed by atoms with van der Waals surface area (Å²) < 4.78 is 0. The zero-order valence-electron chi connectivity index (χ0n) is 4.60. The van der Waals surface area contributed by atoms with Crippen LogP contribution < -0.4 is 0 Å². The molecule has 2 nitrogen and oxygen atoms in total. The molecule has 0 aliphatic rings. The number of nitriles is 1. The average molecular weight is 106 g/mol. The number of hydrogen-bond donors (Lipinski definition) is 1. The van der Waals surface area contributed by atoms with Crippen LogP contribution >= 0.6 is 0 Å². The van der Waals surface area contributed by atoms with Crippen LogP contribution in [0, 0.1) is 18.3 Å². The zero-order valence-corrected chi connectivity index (χ0v) is 4.60. The van der Waals surface area contributed by atoms with E-state index < -0.39 is 0 Å². The van der Waals surface area contributed by atoms with Crippen molar-refractivity contribution in [2.45, 2.75) is 6.92 Å². The van der Waals surface area contributed by atoms with Crippen molar-refractivity contribution in [3.05, 3.63) is 23.5 Å². The standard InChI is InChI=1S/C6H6N2/c1-5-2-6(3-7)4-8-5/h2,4,8H,1H3. The highest BCUT2D eigenvalue weighted by Gasteiger charge is 1.88. The number of rotatable bonds is 0. The van der Waals surface area contributed by atoms with Crippen LogP contribution in [0.1, 0.15) is 11.3 Å². The van der Waals surface area contributed by atoms with Gasteiger partial charge in [0.05, 0.1) is 5.56 Å². The molecule has 1 aromatic heterocycles. The lowest BCUT2D eigenvalue weighted by Crippen LogP contribution is -1.60. The highest BCUT2D eigenvalue weighted by Crippen LogP contribution is 1.97. The Labute approximate surface area is 47.8 Å². The average Bonchev–Trinajstić information content (AvgIpc) is 2.14. The van der Waals surface area contributed by atoms with Crippen molar-refractivity contribution in [1.82, 2.24) is 4.98 Å². The summed E-state index contributed by atoms with van der Waals surface area (Å²) in [6.45, 7) is 1.92. The van der Waals surface area contributed by atoms with Gasteiger partial charge < -0.3 is 4.98 Å². The molecule has 0 unspecified atom stereocenters. The van der Waals surface area contributed by atoms with E-state index in [4.69, 9.17) is 5.26 Å². The van der Waals surface area contributed by atoms with E-state index >= 15 is 0 Å². The summed E-state index contributed by atoms with van der Waals surface area (Å²) in [6, 6.07) is 3.82. The first kappa shape index (κ1) is 4.92. The fourth-order valence-corrected chi connectivity index (χ4v) is 0.573. The van der Waals surface area contributed by atoms with Gasteiger partial charge in [0.25, 0.3) is 0 Å². The largest absolute Gasteiger partial charge is 0.364 e. The minimum absolute atomic E-state index is 0.697. The molecule has 0 fully saturated rings. The van der Waals surface area contributed by atoms with Gasteiger partial charge in [-0.05, 0) is 13.0 Å². The molecule has 0 radical (unpaired) electrons. The molecule has 0 bridgehead atoms. The molecular weight excluding hydrogens is 100 g/mol. The molecule has 0 spiro atoms. The monoisotopic (exact) mass is 106 g/mol. The third-order valence-electron chi connectivity index (χ3n) is 0.956. The topological polar surface area (TPSA) is 39.6 Å². The van der Waals surface area contributed by atoms with Crippen LogP contribution in [-0.2, 0) is 0 Å². The van der Waals surface area contributed by atoms with Crippen molar-refractivity contribution >= 4 is 0 Å². The van der Waals surface area contributed by atoms with Crippen LogP contribution in [0.4, 0.5) is 0 Å². The van der Waals surface area contributed by atoms with Crippen molar-refractivity contribution in [3.63, 3.8) is 0 Å². The summed E-state index contributed by atoms with van der Waals surface area (Å²) in [6.07, 6.45) is 1.69. The number of aromatic amines is 1. The quantitative estimate of drug-likeness (QED) is 0.530. The number of nitrogens with one attached hydrogen (secondary N) is 1. The molecule has 0 aromatic carbocycles. The highest BCUT2D eigenvalue weighted by atomic mass is 14.7. The van der Waals surface area contributed by atoms with Gasteiger partial charge in [-0.25, -0.2) is 0 Å². The van der Waals surface area contributed by atoms with Crippen molar-refractivity contribution in [1.29, 1.82) is 5.26 Å². The van der Waals surface area contributed by atoms with E-state index in [1.54, 1.807) is 12.3 Å². The van der Waals surface area contributed by atoms with E-state index in [1.807, 2.05) is 13.0 Å². The summed E-state index contributed by atoms with van der Waals surface area (Å²) in [5.74, 6) is 0. The van der Waals surface area contributed by atoms with Gasteiger partial charge in [-0.2, -0.15) is 5.26 Å². The molecular formula is C6H6N2. The molecule has 0 amide bonds. The molecule has 8 heavy (non-hydrogen) atoms. The van der Waals surface area contributed by atoms with E-state index in [-0.39, 0.29) is 0 Å². The maximum Gasteiger partial charge on any atom is 0.101 e. The van der Waals surface area contributed by atoms with Crippen LogP contribution in [0.3, 0.4) is 0 Å².